The number of phenols is 1. The van der Waals surface area contributed by atoms with Crippen LogP contribution < -0.4 is 0 Å². The summed E-state index contributed by atoms with van der Waals surface area (Å²) in [7, 11) is 0. The molecular formula is C22H21ClFNO4. The summed E-state index contributed by atoms with van der Waals surface area (Å²) in [5, 5.41) is 20.5. The van der Waals surface area contributed by atoms with Crippen molar-refractivity contribution < 1.29 is 24.2 Å². The maximum atomic E-state index is 14.1. The first-order valence-electron chi connectivity index (χ1n) is 9.18. The van der Waals surface area contributed by atoms with Crippen molar-refractivity contribution in [1.29, 1.82) is 0 Å². The van der Waals surface area contributed by atoms with Gasteiger partial charge >= 0.3 is 5.97 Å². The van der Waals surface area contributed by atoms with E-state index in [0.29, 0.717) is 33.7 Å². The summed E-state index contributed by atoms with van der Waals surface area (Å²) in [6.07, 6.45) is 0.336. The number of carbonyl (C=O) groups is 2. The number of rotatable bonds is 5. The highest BCUT2D eigenvalue weighted by Gasteiger charge is 2.30. The Bertz CT molecular complexity index is 1100. The number of fused-ring (bicyclic) bond motifs is 1. The Balaban J connectivity index is 2.32. The number of phenolic OH excluding ortho intramolecular Hbond substituents is 1. The average molecular weight is 418 g/mol. The lowest BCUT2D eigenvalue weighted by atomic mass is 9.88. The van der Waals surface area contributed by atoms with Gasteiger partial charge in [-0.2, -0.15) is 0 Å². The minimum atomic E-state index is -1.04. The fourth-order valence-corrected chi connectivity index (χ4v) is 3.81. The second-order valence-corrected chi connectivity index (χ2v) is 7.92. The van der Waals surface area contributed by atoms with Crippen molar-refractivity contribution in [3.05, 3.63) is 64.1 Å². The summed E-state index contributed by atoms with van der Waals surface area (Å²) in [6.45, 7) is 5.44. The van der Waals surface area contributed by atoms with Gasteiger partial charge in [0, 0.05) is 27.7 Å². The molecule has 0 bridgehead atoms. The molecule has 1 aromatic heterocycles. The van der Waals surface area contributed by atoms with E-state index in [0.717, 1.165) is 6.07 Å². The summed E-state index contributed by atoms with van der Waals surface area (Å²) < 4.78 is 15.4. The molecule has 7 heteroatoms. The van der Waals surface area contributed by atoms with Crippen molar-refractivity contribution in [2.24, 2.45) is 5.92 Å². The fraction of sp³-hybridized carbons (Fsp3) is 0.273. The molecule has 29 heavy (non-hydrogen) atoms. The summed E-state index contributed by atoms with van der Waals surface area (Å²) >= 11 is 5.90. The van der Waals surface area contributed by atoms with Gasteiger partial charge in [-0.3, -0.25) is 14.2 Å². The van der Waals surface area contributed by atoms with Crippen LogP contribution in [-0.2, 0) is 4.79 Å². The van der Waals surface area contributed by atoms with Crippen LogP contribution in [0.25, 0.3) is 10.9 Å². The lowest BCUT2D eigenvalue weighted by molar-refractivity contribution is -0.139. The molecule has 0 fully saturated rings. The molecule has 2 N–H and O–H groups in total. The molecule has 0 aliphatic rings. The van der Waals surface area contributed by atoms with Gasteiger partial charge in [-0.05, 0) is 55.2 Å². The molecule has 152 valence electrons. The van der Waals surface area contributed by atoms with Crippen molar-refractivity contribution in [1.82, 2.24) is 4.57 Å². The Kier molecular flexibility index (Phi) is 5.66. The predicted molar refractivity (Wildman–Crippen MR) is 109 cm³/mol. The van der Waals surface area contributed by atoms with Crippen LogP contribution in [0.15, 0.2) is 36.4 Å². The molecule has 0 radical (unpaired) electrons. The number of hydrogen-bond acceptors (Lipinski definition) is 3. The Morgan fingerprint density at radius 1 is 1.17 bits per heavy atom. The van der Waals surface area contributed by atoms with Gasteiger partial charge in [0.15, 0.2) is 11.6 Å². The van der Waals surface area contributed by atoms with Crippen molar-refractivity contribution in [3.8, 4) is 5.75 Å². The van der Waals surface area contributed by atoms with Crippen LogP contribution in [0.2, 0.25) is 5.02 Å². The number of carboxylic acid groups (broad SMARTS) is 1. The van der Waals surface area contributed by atoms with Gasteiger partial charge in [0.05, 0.1) is 11.4 Å². The van der Waals surface area contributed by atoms with Crippen molar-refractivity contribution >= 4 is 34.4 Å². The molecule has 0 aliphatic carbocycles. The van der Waals surface area contributed by atoms with E-state index in [1.54, 1.807) is 31.2 Å². The molecule has 0 amide bonds. The predicted octanol–water partition coefficient (Wildman–Crippen LogP) is 5.35. The maximum absolute atomic E-state index is 14.1. The highest BCUT2D eigenvalue weighted by Crippen LogP contribution is 2.38. The van der Waals surface area contributed by atoms with E-state index in [4.69, 9.17) is 11.6 Å². The SMILES string of the molecule is Cc1c([C@H](CC(C)C)C(=O)O)c2cc(O)c(F)cc2n1C(=O)c1ccc(Cl)cc1. The number of aromatic hydroxyl groups is 1. The molecule has 1 atom stereocenters. The molecule has 5 nitrogen and oxygen atoms in total. The second kappa shape index (κ2) is 7.87. The van der Waals surface area contributed by atoms with E-state index in [-0.39, 0.29) is 11.4 Å². The highest BCUT2D eigenvalue weighted by molar-refractivity contribution is 6.30. The molecule has 0 unspecified atom stereocenters. The number of carbonyl (C=O) groups excluding carboxylic acids is 1. The van der Waals surface area contributed by atoms with E-state index in [9.17, 15) is 24.2 Å². The maximum Gasteiger partial charge on any atom is 0.311 e. The van der Waals surface area contributed by atoms with Crippen LogP contribution in [0.1, 0.15) is 47.8 Å². The summed E-state index contributed by atoms with van der Waals surface area (Å²) in [4.78, 5) is 25.2. The van der Waals surface area contributed by atoms with Gasteiger partial charge in [0.2, 0.25) is 0 Å². The number of hydrogen-bond donors (Lipinski definition) is 2. The first-order valence-corrected chi connectivity index (χ1v) is 9.56. The van der Waals surface area contributed by atoms with Crippen LogP contribution in [0, 0.1) is 18.7 Å². The molecule has 2 aromatic carbocycles. The number of benzene rings is 2. The lowest BCUT2D eigenvalue weighted by Crippen LogP contribution is -2.17. The third-order valence-electron chi connectivity index (χ3n) is 4.97. The minimum Gasteiger partial charge on any atom is -0.505 e. The first kappa shape index (κ1) is 20.9. The Morgan fingerprint density at radius 3 is 2.34 bits per heavy atom. The Morgan fingerprint density at radius 2 is 1.79 bits per heavy atom. The van der Waals surface area contributed by atoms with Gasteiger partial charge in [-0.1, -0.05) is 25.4 Å². The topological polar surface area (TPSA) is 79.5 Å². The molecule has 0 saturated heterocycles. The molecule has 3 rings (SSSR count). The van der Waals surface area contributed by atoms with Crippen LogP contribution in [0.5, 0.6) is 5.75 Å². The lowest BCUT2D eigenvalue weighted by Gasteiger charge is -2.16. The van der Waals surface area contributed by atoms with E-state index >= 15 is 0 Å². The van der Waals surface area contributed by atoms with Crippen LogP contribution in [-0.4, -0.2) is 26.7 Å². The van der Waals surface area contributed by atoms with E-state index in [1.807, 2.05) is 13.8 Å². The molecule has 1 heterocycles. The first-order chi connectivity index (χ1) is 13.6. The molecule has 0 spiro atoms. The molecule has 0 aliphatic heterocycles. The molecule has 0 saturated carbocycles. The third kappa shape index (κ3) is 3.85. The smallest absolute Gasteiger partial charge is 0.311 e. The normalized spacial score (nSPS) is 12.5. The van der Waals surface area contributed by atoms with Crippen molar-refractivity contribution in [3.63, 3.8) is 0 Å². The summed E-state index contributed by atoms with van der Waals surface area (Å²) in [6, 6.07) is 8.49. The van der Waals surface area contributed by atoms with E-state index in [1.165, 1.54) is 10.6 Å². The fourth-order valence-electron chi connectivity index (χ4n) is 3.68. The van der Waals surface area contributed by atoms with Gasteiger partial charge in [-0.25, -0.2) is 4.39 Å². The zero-order valence-electron chi connectivity index (χ0n) is 16.2. The number of aromatic nitrogens is 1. The zero-order valence-corrected chi connectivity index (χ0v) is 17.0. The zero-order chi connectivity index (χ0) is 21.5. The summed E-state index contributed by atoms with van der Waals surface area (Å²) in [5.41, 5.74) is 1.34. The van der Waals surface area contributed by atoms with Gasteiger partial charge in [-0.15, -0.1) is 0 Å². The standard InChI is InChI=1S/C22H21ClFNO4/c1-11(2)8-16(22(28)29)20-12(3)25(18-10-17(24)19(26)9-15(18)20)21(27)13-4-6-14(23)7-5-13/h4-7,9-11,16,26H,8H2,1-3H3,(H,28,29)/t16-/m0/s1. The largest absolute Gasteiger partial charge is 0.505 e. The van der Waals surface area contributed by atoms with Crippen molar-refractivity contribution in [2.75, 3.05) is 0 Å². The minimum absolute atomic E-state index is 0.0786. The Hall–Kier alpha value is -2.86. The monoisotopic (exact) mass is 417 g/mol. The number of carboxylic acids is 1. The van der Waals surface area contributed by atoms with E-state index < -0.39 is 29.4 Å². The van der Waals surface area contributed by atoms with Gasteiger partial charge < -0.3 is 10.2 Å². The van der Waals surface area contributed by atoms with Crippen LogP contribution in [0.4, 0.5) is 4.39 Å². The number of nitrogens with zero attached hydrogens (tertiary/aromatic N) is 1. The second-order valence-electron chi connectivity index (χ2n) is 7.49. The Labute approximate surface area is 172 Å². The molecular weight excluding hydrogens is 397 g/mol. The van der Waals surface area contributed by atoms with Crippen molar-refractivity contribution in [2.45, 2.75) is 33.1 Å². The van der Waals surface area contributed by atoms with Crippen LogP contribution >= 0.6 is 11.6 Å². The van der Waals surface area contributed by atoms with Gasteiger partial charge in [0.1, 0.15) is 0 Å². The quantitative estimate of drug-likeness (QED) is 0.586. The summed E-state index contributed by atoms with van der Waals surface area (Å²) in [5.74, 6) is -3.78. The number of halogens is 2. The van der Waals surface area contributed by atoms with Crippen LogP contribution in [0.3, 0.4) is 0 Å². The molecule has 3 aromatic rings. The number of aliphatic carboxylic acids is 1. The average Bonchev–Trinajstić information content (AvgIpc) is 2.91. The van der Waals surface area contributed by atoms with Gasteiger partial charge in [0.25, 0.3) is 5.91 Å². The highest BCUT2D eigenvalue weighted by atomic mass is 35.5. The van der Waals surface area contributed by atoms with E-state index in [2.05, 4.69) is 0 Å². The third-order valence-corrected chi connectivity index (χ3v) is 5.22.